The highest BCUT2D eigenvalue weighted by atomic mass is 31.2. The summed E-state index contributed by atoms with van der Waals surface area (Å²) >= 11 is 0. The van der Waals surface area contributed by atoms with E-state index in [4.69, 9.17) is 42.2 Å². The number of aliphatic hydroxyl groups excluding tert-OH is 10. The molecule has 24 nitrogen and oxygen atoms in total. The van der Waals surface area contributed by atoms with Crippen molar-refractivity contribution in [2.45, 2.75) is 407 Å². The highest BCUT2D eigenvalue weighted by Crippen LogP contribution is 2.49. The van der Waals surface area contributed by atoms with Crippen LogP contribution < -0.4 is 0 Å². The first-order valence-electron chi connectivity index (χ1n) is 38.5. The Morgan fingerprint density at radius 1 is 0.388 bits per heavy atom. The predicted octanol–water partition coefficient (Wildman–Crippen LogP) is 10.7. The van der Waals surface area contributed by atoms with Crippen molar-refractivity contribution in [3.8, 4) is 0 Å². The minimum atomic E-state index is -5.69. The second-order valence-electron chi connectivity index (χ2n) is 27.7. The molecule has 3 aliphatic rings. The third-order valence-electron chi connectivity index (χ3n) is 19.0. The molecule has 0 spiro atoms. The standard InChI is InChI=1S/C73H135O24P/c1-4-7-10-13-16-19-22-24-26-27-29-30-33-36-39-42-45-48-58(76)90-53-56-61(79)63(81)68(86)73(94-56)96-70-66(84)64(82)65(83)69(95-72-67(85)62(80)60(78)55(50-74)93-72)71(70)97-98(87,88)91-52-54(51-89-57(75)47-44-41-38-35-32-21-18-15-12-9-6-3)92-59(77)49-46-43-40-37-34-31-28-25-23-20-17-14-11-8-5-2/h20,23,54-56,60-74,78-86H,4-19,21-22,24-53H2,1-3H3,(H,87,88)/b23-20-. The van der Waals surface area contributed by atoms with Gasteiger partial charge in [0.05, 0.1) is 13.2 Å². The van der Waals surface area contributed by atoms with E-state index in [1.165, 1.54) is 128 Å². The number of aliphatic hydroxyl groups is 10. The van der Waals surface area contributed by atoms with Crippen LogP contribution >= 0.6 is 7.82 Å². The molecule has 98 heavy (non-hydrogen) atoms. The van der Waals surface area contributed by atoms with Crippen molar-refractivity contribution in [2.75, 3.05) is 26.4 Å². The lowest BCUT2D eigenvalue weighted by Crippen LogP contribution is -2.69. The molecule has 0 aromatic carbocycles. The number of unbranched alkanes of at least 4 members (excludes halogenated alkanes) is 37. The Balaban J connectivity index is 1.71. The van der Waals surface area contributed by atoms with E-state index < -0.39 is 156 Å². The number of esters is 3. The van der Waals surface area contributed by atoms with Gasteiger partial charge in [0.1, 0.15) is 98.7 Å². The number of hydrogen-bond donors (Lipinski definition) is 11. The van der Waals surface area contributed by atoms with Gasteiger partial charge >= 0.3 is 25.7 Å². The summed E-state index contributed by atoms with van der Waals surface area (Å²) in [5.74, 6) is -1.98. The van der Waals surface area contributed by atoms with E-state index in [1.807, 2.05) is 0 Å². The fourth-order valence-electron chi connectivity index (χ4n) is 12.8. The van der Waals surface area contributed by atoms with Crippen molar-refractivity contribution in [3.63, 3.8) is 0 Å². The molecule has 2 saturated heterocycles. The van der Waals surface area contributed by atoms with Gasteiger partial charge in [0.15, 0.2) is 18.7 Å². The van der Waals surface area contributed by atoms with Crippen molar-refractivity contribution in [1.29, 1.82) is 0 Å². The fourth-order valence-corrected chi connectivity index (χ4v) is 13.7. The molecule has 576 valence electrons. The number of carbonyl (C=O) groups excluding carboxylic acids is 3. The lowest BCUT2D eigenvalue weighted by molar-refractivity contribution is -0.360. The number of allylic oxidation sites excluding steroid dienone is 2. The van der Waals surface area contributed by atoms with Crippen molar-refractivity contribution < 1.29 is 117 Å². The van der Waals surface area contributed by atoms with E-state index in [9.17, 15) is 74.9 Å². The van der Waals surface area contributed by atoms with Crippen LogP contribution in [0.15, 0.2) is 12.2 Å². The van der Waals surface area contributed by atoms with E-state index in [-0.39, 0.29) is 19.3 Å². The highest BCUT2D eigenvalue weighted by Gasteiger charge is 2.58. The smallest absolute Gasteiger partial charge is 0.463 e. The van der Waals surface area contributed by atoms with Crippen molar-refractivity contribution >= 4 is 25.7 Å². The molecule has 0 radical (unpaired) electrons. The van der Waals surface area contributed by atoms with Crippen LogP contribution in [-0.2, 0) is 61.2 Å². The minimum absolute atomic E-state index is 0.0329. The van der Waals surface area contributed by atoms with Crippen LogP contribution in [-0.4, -0.2) is 204 Å². The summed E-state index contributed by atoms with van der Waals surface area (Å²) in [5, 5.41) is 110. The molecule has 1 saturated carbocycles. The Labute approximate surface area is 586 Å². The van der Waals surface area contributed by atoms with Crippen LogP contribution in [0, 0.1) is 0 Å². The maximum absolute atomic E-state index is 14.3. The molecule has 11 N–H and O–H groups in total. The first-order valence-corrected chi connectivity index (χ1v) is 40.0. The maximum Gasteiger partial charge on any atom is 0.472 e. The summed E-state index contributed by atoms with van der Waals surface area (Å²) in [4.78, 5) is 51.0. The van der Waals surface area contributed by atoms with E-state index in [2.05, 4.69) is 32.9 Å². The zero-order valence-corrected chi connectivity index (χ0v) is 61.0. The molecule has 3 fully saturated rings. The molecule has 1 aliphatic carbocycles. The average molecular weight is 1430 g/mol. The quantitative estimate of drug-likeness (QED) is 0.00886. The van der Waals surface area contributed by atoms with Gasteiger partial charge < -0.3 is 89.1 Å². The van der Waals surface area contributed by atoms with E-state index in [0.717, 1.165) is 116 Å². The molecule has 0 aromatic rings. The normalized spacial score (nSPS) is 27.7. The van der Waals surface area contributed by atoms with Crippen LogP contribution in [0.5, 0.6) is 0 Å². The van der Waals surface area contributed by atoms with Gasteiger partial charge in [0.25, 0.3) is 0 Å². The monoisotopic (exact) mass is 1430 g/mol. The Hall–Kier alpha value is -2.30. The van der Waals surface area contributed by atoms with E-state index >= 15 is 0 Å². The molecule has 3 rings (SSSR count). The second kappa shape index (κ2) is 55.2. The van der Waals surface area contributed by atoms with Crippen molar-refractivity contribution in [1.82, 2.24) is 0 Å². The van der Waals surface area contributed by atoms with Gasteiger partial charge in [-0.25, -0.2) is 4.57 Å². The average Bonchev–Trinajstić information content (AvgIpc) is 0.762. The Bertz CT molecular complexity index is 2080. The van der Waals surface area contributed by atoms with Crippen LogP contribution in [0.4, 0.5) is 0 Å². The minimum Gasteiger partial charge on any atom is -0.463 e. The largest absolute Gasteiger partial charge is 0.472 e. The van der Waals surface area contributed by atoms with Gasteiger partial charge in [-0.3, -0.25) is 23.4 Å². The lowest BCUT2D eigenvalue weighted by Gasteiger charge is -2.49. The van der Waals surface area contributed by atoms with Gasteiger partial charge in [-0.15, -0.1) is 0 Å². The van der Waals surface area contributed by atoms with Crippen LogP contribution in [0.3, 0.4) is 0 Å². The molecule has 0 bridgehead atoms. The first-order chi connectivity index (χ1) is 47.3. The molecule has 0 amide bonds. The van der Waals surface area contributed by atoms with Gasteiger partial charge in [-0.1, -0.05) is 251 Å². The molecule has 18 unspecified atom stereocenters. The predicted molar refractivity (Wildman–Crippen MR) is 370 cm³/mol. The number of phosphoric ester groups is 1. The summed E-state index contributed by atoms with van der Waals surface area (Å²) in [6.45, 7) is 3.44. The van der Waals surface area contributed by atoms with Crippen LogP contribution in [0.25, 0.3) is 0 Å². The van der Waals surface area contributed by atoms with Gasteiger partial charge in [0, 0.05) is 19.3 Å². The molecule has 25 heteroatoms. The Kier molecular flexibility index (Phi) is 50.7. The molecule has 0 aromatic heterocycles. The van der Waals surface area contributed by atoms with Crippen LogP contribution in [0.1, 0.15) is 303 Å². The Morgan fingerprint density at radius 3 is 1.11 bits per heavy atom. The summed E-state index contributed by atoms with van der Waals surface area (Å²) in [7, 11) is -5.69. The summed E-state index contributed by atoms with van der Waals surface area (Å²) < 4.78 is 65.0. The lowest BCUT2D eigenvalue weighted by atomic mass is 9.84. The summed E-state index contributed by atoms with van der Waals surface area (Å²) in [5.41, 5.74) is 0. The van der Waals surface area contributed by atoms with Gasteiger partial charge in [0.2, 0.25) is 0 Å². The number of ether oxygens (including phenoxy) is 7. The fraction of sp³-hybridized carbons (Fsp3) is 0.932. The number of phosphoric acid groups is 1. The Morgan fingerprint density at radius 2 is 0.714 bits per heavy atom. The van der Waals surface area contributed by atoms with Gasteiger partial charge in [-0.2, -0.15) is 0 Å². The molecule has 2 heterocycles. The molecule has 2 aliphatic heterocycles. The SMILES string of the molecule is CCCCCC/C=C\CCCCCCCCCC(=O)OC(COC(=O)CCCCCCCCCCCCC)COP(=O)(O)OC1C(OC2OC(CO)C(O)C(O)C2O)C(O)C(O)C(O)C1OC1OC(COC(=O)CCCCCCCCCCCCCCCCCCC)C(O)C(O)C1O. The number of carbonyl (C=O) groups is 3. The van der Waals surface area contributed by atoms with E-state index in [1.54, 1.807) is 0 Å². The second-order valence-corrected chi connectivity index (χ2v) is 29.1. The summed E-state index contributed by atoms with van der Waals surface area (Å²) in [6.07, 6.45) is 14.2. The topological polar surface area (TPSA) is 374 Å². The molecular weight excluding hydrogens is 1290 g/mol. The molecule has 18 atom stereocenters. The third kappa shape index (κ3) is 37.9. The highest BCUT2D eigenvalue weighted by molar-refractivity contribution is 7.47. The van der Waals surface area contributed by atoms with Gasteiger partial charge in [-0.05, 0) is 44.9 Å². The summed E-state index contributed by atoms with van der Waals surface area (Å²) in [6, 6.07) is 0. The first kappa shape index (κ1) is 89.9. The zero-order chi connectivity index (χ0) is 71.8. The van der Waals surface area contributed by atoms with Crippen molar-refractivity contribution in [3.05, 3.63) is 12.2 Å². The van der Waals surface area contributed by atoms with E-state index in [0.29, 0.717) is 19.3 Å². The maximum atomic E-state index is 14.3. The zero-order valence-electron chi connectivity index (χ0n) is 60.1. The van der Waals surface area contributed by atoms with Crippen molar-refractivity contribution in [2.24, 2.45) is 0 Å². The molecular formula is C73H135O24P. The third-order valence-corrected chi connectivity index (χ3v) is 20.0. The number of rotatable bonds is 60. The van der Waals surface area contributed by atoms with Crippen LogP contribution in [0.2, 0.25) is 0 Å². The number of hydrogen-bond acceptors (Lipinski definition) is 23.